The average molecular weight is 159 g/mol. The molecule has 0 saturated carbocycles. The predicted octanol–water partition coefficient (Wildman–Crippen LogP) is 3.91. The minimum absolute atomic E-state index is 0.670. The zero-order valence-corrected chi connectivity index (χ0v) is 7.78. The molecule has 0 aromatic carbocycles. The molecular formula is C10H20F. The Morgan fingerprint density at radius 1 is 1.18 bits per heavy atom. The highest BCUT2D eigenvalue weighted by molar-refractivity contribution is 4.69. The molecule has 11 heavy (non-hydrogen) atoms. The molecule has 0 heterocycles. The molecule has 1 unspecified atom stereocenters. The molecule has 0 bridgehead atoms. The van der Waals surface area contributed by atoms with Gasteiger partial charge < -0.3 is 0 Å². The summed E-state index contributed by atoms with van der Waals surface area (Å²) in [4.78, 5) is 0. The second-order valence-electron chi connectivity index (χ2n) is 3.05. The number of unbranched alkanes of at least 4 members (excludes halogenated alkanes) is 4. The van der Waals surface area contributed by atoms with E-state index in [0.29, 0.717) is 0 Å². The van der Waals surface area contributed by atoms with E-state index in [-0.39, 0.29) is 0 Å². The maximum absolute atomic E-state index is 12.6. The summed E-state index contributed by atoms with van der Waals surface area (Å²) in [5.74, 6) is 0. The zero-order chi connectivity index (χ0) is 8.53. The fourth-order valence-corrected chi connectivity index (χ4v) is 1.11. The van der Waals surface area contributed by atoms with Crippen molar-refractivity contribution in [3.05, 3.63) is 6.42 Å². The van der Waals surface area contributed by atoms with Gasteiger partial charge in [0.25, 0.3) is 0 Å². The molecule has 0 aromatic rings. The van der Waals surface area contributed by atoms with E-state index in [2.05, 4.69) is 6.92 Å². The first-order valence-electron chi connectivity index (χ1n) is 4.74. The van der Waals surface area contributed by atoms with E-state index in [9.17, 15) is 4.39 Å². The van der Waals surface area contributed by atoms with Crippen molar-refractivity contribution in [2.45, 2.75) is 58.5 Å². The summed E-state index contributed by atoms with van der Waals surface area (Å²) in [6, 6.07) is 0. The molecule has 1 radical (unpaired) electrons. The summed E-state index contributed by atoms with van der Waals surface area (Å²) in [5, 5.41) is 0. The lowest BCUT2D eigenvalue weighted by molar-refractivity contribution is 0.344. The molecule has 0 aromatic heterocycles. The van der Waals surface area contributed by atoms with Crippen LogP contribution in [0.5, 0.6) is 0 Å². The Bertz CT molecular complexity index is 71.3. The standard InChI is InChI=1S/C10H20F/c1-3-5-6-7-8-9-10(11)4-2/h4,10H,3,5-9H2,1-2H3. The molecule has 0 fully saturated rings. The van der Waals surface area contributed by atoms with Crippen LogP contribution in [0.25, 0.3) is 0 Å². The van der Waals surface area contributed by atoms with Crippen LogP contribution in [0.15, 0.2) is 0 Å². The smallest absolute Gasteiger partial charge is 0.103 e. The second-order valence-corrected chi connectivity index (χ2v) is 3.05. The highest BCUT2D eigenvalue weighted by Crippen LogP contribution is 2.10. The van der Waals surface area contributed by atoms with Gasteiger partial charge in [0, 0.05) is 0 Å². The number of hydrogen-bond acceptors (Lipinski definition) is 0. The van der Waals surface area contributed by atoms with Crippen LogP contribution >= 0.6 is 0 Å². The van der Waals surface area contributed by atoms with E-state index >= 15 is 0 Å². The van der Waals surface area contributed by atoms with Crippen LogP contribution in [-0.4, -0.2) is 6.17 Å². The summed E-state index contributed by atoms with van der Waals surface area (Å²) in [7, 11) is 0. The third-order valence-electron chi connectivity index (χ3n) is 1.95. The summed E-state index contributed by atoms with van der Waals surface area (Å²) >= 11 is 0. The van der Waals surface area contributed by atoms with Crippen LogP contribution in [0.1, 0.15) is 52.4 Å². The molecule has 0 aliphatic carbocycles. The number of alkyl halides is 1. The number of rotatable bonds is 7. The van der Waals surface area contributed by atoms with E-state index in [1.807, 2.05) is 0 Å². The maximum atomic E-state index is 12.6. The molecule has 0 saturated heterocycles. The van der Waals surface area contributed by atoms with Gasteiger partial charge in [-0.1, -0.05) is 46.0 Å². The highest BCUT2D eigenvalue weighted by Gasteiger charge is 2.01. The minimum atomic E-state index is -0.670. The van der Waals surface area contributed by atoms with Crippen molar-refractivity contribution in [3.8, 4) is 0 Å². The summed E-state index contributed by atoms with van der Waals surface area (Å²) < 4.78 is 12.6. The van der Waals surface area contributed by atoms with Crippen molar-refractivity contribution in [1.82, 2.24) is 0 Å². The van der Waals surface area contributed by atoms with E-state index in [1.165, 1.54) is 25.7 Å². The van der Waals surface area contributed by atoms with Gasteiger partial charge in [0.15, 0.2) is 0 Å². The van der Waals surface area contributed by atoms with Gasteiger partial charge in [-0.3, -0.25) is 0 Å². The van der Waals surface area contributed by atoms with E-state index in [4.69, 9.17) is 0 Å². The SMILES string of the molecule is C[CH]C(F)CCCCCCC. The molecule has 0 spiro atoms. The Hall–Kier alpha value is -0.0700. The highest BCUT2D eigenvalue weighted by atomic mass is 19.1. The van der Waals surface area contributed by atoms with Gasteiger partial charge in [-0.2, -0.15) is 0 Å². The van der Waals surface area contributed by atoms with Crippen LogP contribution < -0.4 is 0 Å². The first kappa shape index (κ1) is 10.9. The van der Waals surface area contributed by atoms with Crippen molar-refractivity contribution in [2.24, 2.45) is 0 Å². The van der Waals surface area contributed by atoms with E-state index in [0.717, 1.165) is 12.8 Å². The Morgan fingerprint density at radius 2 is 1.82 bits per heavy atom. The zero-order valence-electron chi connectivity index (χ0n) is 7.78. The van der Waals surface area contributed by atoms with Crippen LogP contribution in [0, 0.1) is 6.42 Å². The van der Waals surface area contributed by atoms with Gasteiger partial charge >= 0.3 is 0 Å². The molecule has 0 amide bonds. The summed E-state index contributed by atoms with van der Waals surface area (Å²) in [6.45, 7) is 3.98. The second kappa shape index (κ2) is 8.03. The van der Waals surface area contributed by atoms with Gasteiger partial charge in [-0.25, -0.2) is 4.39 Å². The molecular weight excluding hydrogens is 139 g/mol. The van der Waals surface area contributed by atoms with Gasteiger partial charge in [0.05, 0.1) is 0 Å². The van der Waals surface area contributed by atoms with Gasteiger partial charge in [-0.15, -0.1) is 0 Å². The van der Waals surface area contributed by atoms with Crippen molar-refractivity contribution >= 4 is 0 Å². The molecule has 0 nitrogen and oxygen atoms in total. The normalized spacial score (nSPS) is 13.4. The van der Waals surface area contributed by atoms with Crippen molar-refractivity contribution < 1.29 is 4.39 Å². The number of hydrogen-bond donors (Lipinski definition) is 0. The van der Waals surface area contributed by atoms with Crippen LogP contribution in [0.4, 0.5) is 4.39 Å². The van der Waals surface area contributed by atoms with E-state index < -0.39 is 6.17 Å². The van der Waals surface area contributed by atoms with Gasteiger partial charge in [0.2, 0.25) is 0 Å². The maximum Gasteiger partial charge on any atom is 0.103 e. The predicted molar refractivity (Wildman–Crippen MR) is 48.2 cm³/mol. The molecule has 0 aliphatic rings. The fourth-order valence-electron chi connectivity index (χ4n) is 1.11. The Kier molecular flexibility index (Phi) is 7.98. The quantitative estimate of drug-likeness (QED) is 0.494. The topological polar surface area (TPSA) is 0 Å². The average Bonchev–Trinajstić information content (AvgIpc) is 2.04. The van der Waals surface area contributed by atoms with E-state index in [1.54, 1.807) is 13.3 Å². The Labute approximate surface area is 70.2 Å². The van der Waals surface area contributed by atoms with Crippen molar-refractivity contribution in [3.63, 3.8) is 0 Å². The summed E-state index contributed by atoms with van der Waals surface area (Å²) in [5.41, 5.74) is 0. The third-order valence-corrected chi connectivity index (χ3v) is 1.95. The lowest BCUT2D eigenvalue weighted by atomic mass is 10.1. The molecule has 1 heteroatoms. The van der Waals surface area contributed by atoms with Gasteiger partial charge in [-0.05, 0) is 12.8 Å². The van der Waals surface area contributed by atoms with Crippen LogP contribution in [-0.2, 0) is 0 Å². The Morgan fingerprint density at radius 3 is 2.36 bits per heavy atom. The van der Waals surface area contributed by atoms with Crippen LogP contribution in [0.2, 0.25) is 0 Å². The lowest BCUT2D eigenvalue weighted by Crippen LogP contribution is -1.97. The molecule has 0 N–H and O–H groups in total. The van der Waals surface area contributed by atoms with Crippen molar-refractivity contribution in [1.29, 1.82) is 0 Å². The number of halogens is 1. The molecule has 0 rings (SSSR count). The van der Waals surface area contributed by atoms with Crippen LogP contribution in [0.3, 0.4) is 0 Å². The first-order chi connectivity index (χ1) is 5.31. The lowest BCUT2D eigenvalue weighted by Gasteiger charge is -2.03. The minimum Gasteiger partial charge on any atom is -0.247 e. The summed E-state index contributed by atoms with van der Waals surface area (Å²) in [6.07, 6.45) is 7.77. The molecule has 1 atom stereocenters. The largest absolute Gasteiger partial charge is 0.247 e. The molecule has 67 valence electrons. The monoisotopic (exact) mass is 159 g/mol. The van der Waals surface area contributed by atoms with Gasteiger partial charge in [0.1, 0.15) is 6.17 Å². The Balaban J connectivity index is 2.89. The molecule has 0 aliphatic heterocycles. The fraction of sp³-hybridized carbons (Fsp3) is 0.900. The third kappa shape index (κ3) is 7.83. The first-order valence-corrected chi connectivity index (χ1v) is 4.74. The van der Waals surface area contributed by atoms with Crippen molar-refractivity contribution in [2.75, 3.05) is 0 Å².